The topological polar surface area (TPSA) is 40.5 Å². The maximum Gasteiger partial charge on any atom is 0.273 e. The minimum atomic E-state index is -0.567. The van der Waals surface area contributed by atoms with Crippen LogP contribution in [0.4, 0.5) is 0 Å². The first-order valence-corrected chi connectivity index (χ1v) is 2.40. The zero-order chi connectivity index (χ0) is 7.44. The SMILES string of the molecule is C=CC(=O)N(O)C(=C)C.[HH]. The molecule has 0 atom stereocenters. The summed E-state index contributed by atoms with van der Waals surface area (Å²) in [5.41, 5.74) is 0.278. The molecular formula is C6H11NO2. The fraction of sp³-hybridized carbons (Fsp3) is 0.167. The fourth-order valence-electron chi connectivity index (χ4n) is 0.275. The van der Waals surface area contributed by atoms with Crippen LogP contribution in [0.5, 0.6) is 0 Å². The zero-order valence-electron chi connectivity index (χ0n) is 5.29. The summed E-state index contributed by atoms with van der Waals surface area (Å²) >= 11 is 0. The highest BCUT2D eigenvalue weighted by atomic mass is 16.5. The normalized spacial score (nSPS) is 8.22. The van der Waals surface area contributed by atoms with Gasteiger partial charge in [-0.3, -0.25) is 10.0 Å². The lowest BCUT2D eigenvalue weighted by atomic mass is 10.5. The molecule has 1 amide bonds. The number of hydrogen-bond acceptors (Lipinski definition) is 2. The Hall–Kier alpha value is -1.09. The molecule has 0 radical (unpaired) electrons. The van der Waals surface area contributed by atoms with Crippen molar-refractivity contribution in [2.45, 2.75) is 6.92 Å². The maximum absolute atomic E-state index is 10.5. The highest BCUT2D eigenvalue weighted by Crippen LogP contribution is 1.95. The van der Waals surface area contributed by atoms with E-state index in [1.165, 1.54) is 6.92 Å². The molecule has 9 heavy (non-hydrogen) atoms. The van der Waals surface area contributed by atoms with Crippen LogP contribution >= 0.6 is 0 Å². The number of rotatable bonds is 2. The third-order valence-electron chi connectivity index (χ3n) is 0.745. The van der Waals surface area contributed by atoms with Crippen LogP contribution in [0, 0.1) is 0 Å². The number of hydroxylamine groups is 2. The summed E-state index contributed by atoms with van der Waals surface area (Å²) in [6.45, 7) is 8.02. The first kappa shape index (κ1) is 7.91. The molecule has 3 heteroatoms. The fourth-order valence-corrected chi connectivity index (χ4v) is 0.275. The predicted octanol–water partition coefficient (Wildman–Crippen LogP) is 1.17. The second-order valence-electron chi connectivity index (χ2n) is 1.59. The van der Waals surface area contributed by atoms with Gasteiger partial charge in [-0.1, -0.05) is 13.2 Å². The number of amides is 1. The van der Waals surface area contributed by atoms with Crippen LogP contribution in [0.15, 0.2) is 24.9 Å². The van der Waals surface area contributed by atoms with Crippen molar-refractivity contribution >= 4 is 5.91 Å². The summed E-state index contributed by atoms with van der Waals surface area (Å²) in [7, 11) is 0. The van der Waals surface area contributed by atoms with Crippen LogP contribution in [0.1, 0.15) is 8.35 Å². The highest BCUT2D eigenvalue weighted by molar-refractivity contribution is 5.87. The van der Waals surface area contributed by atoms with Gasteiger partial charge in [0.1, 0.15) is 0 Å². The average molecular weight is 129 g/mol. The van der Waals surface area contributed by atoms with Crippen molar-refractivity contribution in [1.82, 2.24) is 5.06 Å². The number of carbonyl (C=O) groups is 1. The first-order chi connectivity index (χ1) is 4.09. The van der Waals surface area contributed by atoms with Gasteiger partial charge in [0.15, 0.2) is 0 Å². The van der Waals surface area contributed by atoms with Gasteiger partial charge in [0.2, 0.25) is 0 Å². The van der Waals surface area contributed by atoms with Crippen molar-refractivity contribution in [2.75, 3.05) is 0 Å². The minimum absolute atomic E-state index is 0. The molecule has 0 saturated carbocycles. The van der Waals surface area contributed by atoms with Gasteiger partial charge in [0.05, 0.1) is 0 Å². The quantitative estimate of drug-likeness (QED) is 0.345. The van der Waals surface area contributed by atoms with Crippen LogP contribution in [0.3, 0.4) is 0 Å². The van der Waals surface area contributed by atoms with E-state index >= 15 is 0 Å². The number of hydrogen-bond donors (Lipinski definition) is 1. The Balaban J connectivity index is 0. The zero-order valence-corrected chi connectivity index (χ0v) is 5.29. The van der Waals surface area contributed by atoms with Gasteiger partial charge < -0.3 is 0 Å². The van der Waals surface area contributed by atoms with Crippen LogP contribution < -0.4 is 0 Å². The second-order valence-corrected chi connectivity index (χ2v) is 1.59. The summed E-state index contributed by atoms with van der Waals surface area (Å²) in [5.74, 6) is -0.567. The van der Waals surface area contributed by atoms with Gasteiger partial charge in [0, 0.05) is 7.12 Å². The van der Waals surface area contributed by atoms with E-state index in [9.17, 15) is 4.79 Å². The van der Waals surface area contributed by atoms with Gasteiger partial charge in [0.25, 0.3) is 5.91 Å². The van der Waals surface area contributed by atoms with E-state index in [1.807, 2.05) is 0 Å². The molecule has 0 fully saturated rings. The van der Waals surface area contributed by atoms with E-state index in [0.29, 0.717) is 5.06 Å². The molecule has 0 aliphatic rings. The maximum atomic E-state index is 10.5. The van der Waals surface area contributed by atoms with Crippen LogP contribution in [0.25, 0.3) is 0 Å². The molecule has 0 saturated heterocycles. The van der Waals surface area contributed by atoms with Gasteiger partial charge in [-0.2, -0.15) is 5.06 Å². The molecule has 0 heterocycles. The largest absolute Gasteiger partial charge is 0.281 e. The van der Waals surface area contributed by atoms with Crippen molar-refractivity contribution in [1.29, 1.82) is 0 Å². The third-order valence-corrected chi connectivity index (χ3v) is 0.745. The van der Waals surface area contributed by atoms with Crippen molar-refractivity contribution < 1.29 is 11.4 Å². The summed E-state index contributed by atoms with van der Waals surface area (Å²) in [4.78, 5) is 10.5. The van der Waals surface area contributed by atoms with Gasteiger partial charge in [-0.15, -0.1) is 0 Å². The van der Waals surface area contributed by atoms with E-state index in [0.717, 1.165) is 6.08 Å². The highest BCUT2D eigenvalue weighted by Gasteiger charge is 2.04. The number of allylic oxidation sites excluding steroid dienone is 1. The monoisotopic (exact) mass is 129 g/mol. The van der Waals surface area contributed by atoms with E-state index in [4.69, 9.17) is 5.21 Å². The Kier molecular flexibility index (Phi) is 2.67. The Labute approximate surface area is 55.3 Å². The standard InChI is InChI=1S/C6H9NO2.H2/c1-4-6(8)7(9)5(2)3;/h4,9H,1-2H2,3H3;1H. The Morgan fingerprint density at radius 3 is 2.44 bits per heavy atom. The lowest BCUT2D eigenvalue weighted by molar-refractivity contribution is -0.150. The third kappa shape index (κ3) is 2.10. The molecule has 0 unspecified atom stereocenters. The Morgan fingerprint density at radius 1 is 1.89 bits per heavy atom. The second kappa shape index (κ2) is 3.04. The summed E-state index contributed by atoms with van der Waals surface area (Å²) < 4.78 is 0. The predicted molar refractivity (Wildman–Crippen MR) is 35.8 cm³/mol. The van der Waals surface area contributed by atoms with E-state index in [-0.39, 0.29) is 7.12 Å². The molecule has 0 spiro atoms. The smallest absolute Gasteiger partial charge is 0.273 e. The summed E-state index contributed by atoms with van der Waals surface area (Å²) in [6.07, 6.45) is 1.01. The molecule has 52 valence electrons. The lowest BCUT2D eigenvalue weighted by Gasteiger charge is -2.10. The van der Waals surface area contributed by atoms with Crippen molar-refractivity contribution in [3.63, 3.8) is 0 Å². The molecule has 0 aliphatic heterocycles. The van der Waals surface area contributed by atoms with Crippen molar-refractivity contribution in [3.05, 3.63) is 24.9 Å². The average Bonchev–Trinajstić information content (AvgIpc) is 1.84. The Morgan fingerprint density at radius 2 is 2.33 bits per heavy atom. The number of carbonyl (C=O) groups excluding carboxylic acids is 1. The van der Waals surface area contributed by atoms with Crippen molar-refractivity contribution in [2.24, 2.45) is 0 Å². The Bertz CT molecular complexity index is 156. The van der Waals surface area contributed by atoms with E-state index < -0.39 is 5.91 Å². The first-order valence-electron chi connectivity index (χ1n) is 2.40. The van der Waals surface area contributed by atoms with E-state index in [1.54, 1.807) is 0 Å². The van der Waals surface area contributed by atoms with Crippen LogP contribution in [-0.2, 0) is 4.79 Å². The summed E-state index contributed by atoms with van der Waals surface area (Å²) in [5, 5.41) is 9.15. The minimum Gasteiger partial charge on any atom is -0.281 e. The van der Waals surface area contributed by atoms with Gasteiger partial charge in [-0.05, 0) is 13.0 Å². The molecule has 0 aliphatic carbocycles. The van der Waals surface area contributed by atoms with Gasteiger partial charge in [-0.25, -0.2) is 0 Å². The summed E-state index contributed by atoms with van der Waals surface area (Å²) in [6, 6.07) is 0. The molecule has 0 aromatic rings. The number of nitrogens with zero attached hydrogens (tertiary/aromatic N) is 1. The molecule has 3 nitrogen and oxygen atoms in total. The van der Waals surface area contributed by atoms with Crippen LogP contribution in [-0.4, -0.2) is 16.2 Å². The van der Waals surface area contributed by atoms with Gasteiger partial charge >= 0.3 is 0 Å². The molecule has 1 N–H and O–H groups in total. The lowest BCUT2D eigenvalue weighted by Crippen LogP contribution is -2.22. The van der Waals surface area contributed by atoms with Crippen molar-refractivity contribution in [3.8, 4) is 0 Å². The van der Waals surface area contributed by atoms with E-state index in [2.05, 4.69) is 13.2 Å². The molecule has 0 aromatic carbocycles. The molecular weight excluding hydrogens is 118 g/mol. The molecule has 0 aromatic heterocycles. The molecule has 0 rings (SSSR count). The molecule has 0 bridgehead atoms. The van der Waals surface area contributed by atoms with Crippen LogP contribution in [0.2, 0.25) is 0 Å².